The number of nitrogens with one attached hydrogen (secondary N) is 1. The van der Waals surface area contributed by atoms with Gasteiger partial charge in [0.1, 0.15) is 11.6 Å². The van der Waals surface area contributed by atoms with Gasteiger partial charge < -0.3 is 24.6 Å². The van der Waals surface area contributed by atoms with E-state index < -0.39 is 18.2 Å². The third-order valence-corrected chi connectivity index (χ3v) is 4.69. The van der Waals surface area contributed by atoms with Crippen LogP contribution in [0.1, 0.15) is 41.4 Å². The Morgan fingerprint density at radius 3 is 2.48 bits per heavy atom. The number of carbonyl (C=O) groups is 2. The molecule has 3 aromatic rings. The molecule has 2 aromatic carbocycles. The Morgan fingerprint density at radius 1 is 1.09 bits per heavy atom. The number of hydrogen-bond acceptors (Lipinski definition) is 7. The monoisotopic (exact) mass is 470 g/mol. The zero-order valence-corrected chi connectivity index (χ0v) is 18.8. The fraction of sp³-hybridized carbons (Fsp3) is 0.208. The molecule has 1 atom stereocenters. The molecule has 2 N–H and O–H groups in total. The molecule has 0 aliphatic rings. The first-order chi connectivity index (χ1) is 15.8. The van der Waals surface area contributed by atoms with E-state index >= 15 is 0 Å². The van der Waals surface area contributed by atoms with Gasteiger partial charge >= 0.3 is 12.1 Å². The topological polar surface area (TPSA) is 107 Å². The molecule has 0 aliphatic heterocycles. The number of anilines is 1. The first-order valence-corrected chi connectivity index (χ1v) is 10.5. The second-order valence-corrected chi connectivity index (χ2v) is 7.66. The summed E-state index contributed by atoms with van der Waals surface area (Å²) in [6.45, 7) is 3.06. The van der Waals surface area contributed by atoms with Crippen molar-refractivity contribution in [1.82, 2.24) is 4.98 Å². The first kappa shape index (κ1) is 23.9. The van der Waals surface area contributed by atoms with E-state index in [9.17, 15) is 14.7 Å². The molecular formula is C24H23ClN2O6. The summed E-state index contributed by atoms with van der Waals surface area (Å²) < 4.78 is 15.6. The van der Waals surface area contributed by atoms with Crippen LogP contribution in [0.4, 0.5) is 10.6 Å². The van der Waals surface area contributed by atoms with Gasteiger partial charge in [0.2, 0.25) is 6.79 Å². The van der Waals surface area contributed by atoms with Crippen LogP contribution in [-0.4, -0.2) is 35.1 Å². The number of carboxylic acid groups (broad SMARTS) is 1. The third kappa shape index (κ3) is 6.85. The lowest BCUT2D eigenvalue weighted by Crippen LogP contribution is -2.18. The Morgan fingerprint density at radius 2 is 1.85 bits per heavy atom. The minimum Gasteiger partial charge on any atom is -0.478 e. The lowest BCUT2D eigenvalue weighted by Gasteiger charge is -2.23. The number of hydrogen-bond donors (Lipinski definition) is 2. The van der Waals surface area contributed by atoms with Crippen molar-refractivity contribution in [1.29, 1.82) is 0 Å². The van der Waals surface area contributed by atoms with E-state index in [-0.39, 0.29) is 18.5 Å². The highest BCUT2D eigenvalue weighted by Gasteiger charge is 2.21. The van der Waals surface area contributed by atoms with Crippen molar-refractivity contribution >= 4 is 29.5 Å². The number of carboxylic acids is 1. The average Bonchev–Trinajstić information content (AvgIpc) is 2.79. The molecule has 0 spiro atoms. The maximum Gasteiger partial charge on any atom is 0.511 e. The molecule has 0 aliphatic carbocycles. The van der Waals surface area contributed by atoms with E-state index in [1.54, 1.807) is 62.5 Å². The molecule has 0 fully saturated rings. The summed E-state index contributed by atoms with van der Waals surface area (Å²) in [5, 5.41) is 13.0. The molecule has 8 nitrogen and oxygen atoms in total. The van der Waals surface area contributed by atoms with Gasteiger partial charge in [0.05, 0.1) is 17.7 Å². The van der Waals surface area contributed by atoms with E-state index in [1.165, 1.54) is 12.1 Å². The molecule has 9 heteroatoms. The molecule has 1 heterocycles. The summed E-state index contributed by atoms with van der Waals surface area (Å²) in [6.07, 6.45) is 0.494. The molecule has 33 heavy (non-hydrogen) atoms. The van der Waals surface area contributed by atoms with Gasteiger partial charge in [-0.15, -0.1) is 0 Å². The number of nitrogens with zero attached hydrogens (tertiary/aromatic N) is 1. The summed E-state index contributed by atoms with van der Waals surface area (Å²) in [5.41, 5.74) is 1.55. The molecular weight excluding hydrogens is 448 g/mol. The van der Waals surface area contributed by atoms with Gasteiger partial charge in [-0.3, -0.25) is 0 Å². The molecule has 172 valence electrons. The van der Waals surface area contributed by atoms with Crippen LogP contribution in [0.15, 0.2) is 66.9 Å². The summed E-state index contributed by atoms with van der Waals surface area (Å²) in [7, 11) is 0. The molecule has 3 rings (SSSR count). The van der Waals surface area contributed by atoms with Crippen LogP contribution >= 0.6 is 11.6 Å². The van der Waals surface area contributed by atoms with Gasteiger partial charge in [0.25, 0.3) is 0 Å². The number of pyridine rings is 1. The Balaban J connectivity index is 1.92. The van der Waals surface area contributed by atoms with Gasteiger partial charge in [-0.2, -0.15) is 0 Å². The number of ether oxygens (including phenoxy) is 3. The van der Waals surface area contributed by atoms with Crippen LogP contribution in [0.25, 0.3) is 0 Å². The lowest BCUT2D eigenvalue weighted by molar-refractivity contribution is -0.00847. The number of aromatic nitrogens is 1. The van der Waals surface area contributed by atoms with Gasteiger partial charge in [-0.05, 0) is 61.9 Å². The third-order valence-electron chi connectivity index (χ3n) is 4.45. The van der Waals surface area contributed by atoms with E-state index in [1.807, 2.05) is 6.07 Å². The maximum atomic E-state index is 11.7. The standard InChI is InChI=1S/C24H23ClN2O6/c1-15(2)33-24(30)32-14-31-20-11-10-18(25)13-19(20)22(27-21-5-3-4-12-26-21)16-6-8-17(9-7-16)23(28)29/h3-13,15,22H,14H2,1-2H3,(H,26,27)(H,28,29). The summed E-state index contributed by atoms with van der Waals surface area (Å²) in [4.78, 5) is 27.2. The van der Waals surface area contributed by atoms with Crippen molar-refractivity contribution in [3.05, 3.63) is 88.6 Å². The number of rotatable bonds is 9. The van der Waals surface area contributed by atoms with Crippen LogP contribution in [0, 0.1) is 0 Å². The number of carbonyl (C=O) groups excluding carboxylic acids is 1. The van der Waals surface area contributed by atoms with E-state index in [0.29, 0.717) is 22.2 Å². The Kier molecular flexibility index (Phi) is 8.10. The molecule has 1 aromatic heterocycles. The van der Waals surface area contributed by atoms with E-state index in [4.69, 9.17) is 25.8 Å². The number of aromatic carboxylic acids is 1. The lowest BCUT2D eigenvalue weighted by atomic mass is 9.96. The van der Waals surface area contributed by atoms with Crippen molar-refractivity contribution in [3.8, 4) is 5.75 Å². The fourth-order valence-corrected chi connectivity index (χ4v) is 3.18. The van der Waals surface area contributed by atoms with Crippen LogP contribution < -0.4 is 10.1 Å². The highest BCUT2D eigenvalue weighted by Crippen LogP contribution is 2.35. The van der Waals surface area contributed by atoms with Crippen molar-refractivity contribution in [2.75, 3.05) is 12.1 Å². The van der Waals surface area contributed by atoms with Crippen LogP contribution in [0.3, 0.4) is 0 Å². The summed E-state index contributed by atoms with van der Waals surface area (Å²) in [6, 6.07) is 16.4. The SMILES string of the molecule is CC(C)OC(=O)OCOc1ccc(Cl)cc1C(Nc1ccccn1)c1ccc(C(=O)O)cc1. The Hall–Kier alpha value is -3.78. The van der Waals surface area contributed by atoms with Gasteiger partial charge in [-0.1, -0.05) is 29.8 Å². The normalized spacial score (nSPS) is 11.5. The quantitative estimate of drug-likeness (QED) is 0.310. The van der Waals surface area contributed by atoms with E-state index in [2.05, 4.69) is 10.3 Å². The highest BCUT2D eigenvalue weighted by molar-refractivity contribution is 6.30. The molecule has 0 saturated carbocycles. The molecule has 1 unspecified atom stereocenters. The first-order valence-electron chi connectivity index (χ1n) is 10.1. The van der Waals surface area contributed by atoms with Gasteiger partial charge in [0, 0.05) is 16.8 Å². The number of halogens is 1. The van der Waals surface area contributed by atoms with Gasteiger partial charge in [-0.25, -0.2) is 14.6 Å². The van der Waals surface area contributed by atoms with Crippen LogP contribution in [0.5, 0.6) is 5.75 Å². The van der Waals surface area contributed by atoms with Crippen molar-refractivity contribution in [2.24, 2.45) is 0 Å². The zero-order chi connectivity index (χ0) is 23.8. The Labute approximate surface area is 196 Å². The summed E-state index contributed by atoms with van der Waals surface area (Å²) in [5.74, 6) is -0.0204. The van der Waals surface area contributed by atoms with Crippen molar-refractivity contribution in [3.63, 3.8) is 0 Å². The zero-order valence-electron chi connectivity index (χ0n) is 18.0. The predicted octanol–water partition coefficient (Wildman–Crippen LogP) is 5.53. The van der Waals surface area contributed by atoms with E-state index in [0.717, 1.165) is 5.56 Å². The van der Waals surface area contributed by atoms with Crippen LogP contribution in [0.2, 0.25) is 5.02 Å². The molecule has 0 saturated heterocycles. The second kappa shape index (κ2) is 11.2. The fourth-order valence-electron chi connectivity index (χ4n) is 3.00. The Bertz CT molecular complexity index is 1090. The highest BCUT2D eigenvalue weighted by atomic mass is 35.5. The molecule has 0 amide bonds. The largest absolute Gasteiger partial charge is 0.511 e. The predicted molar refractivity (Wildman–Crippen MR) is 123 cm³/mol. The maximum absolute atomic E-state index is 11.7. The second-order valence-electron chi connectivity index (χ2n) is 7.22. The smallest absolute Gasteiger partial charge is 0.478 e. The summed E-state index contributed by atoms with van der Waals surface area (Å²) >= 11 is 6.28. The molecule has 0 bridgehead atoms. The minimum atomic E-state index is -1.02. The van der Waals surface area contributed by atoms with Crippen molar-refractivity contribution < 1.29 is 28.9 Å². The molecule has 0 radical (unpaired) electrons. The van der Waals surface area contributed by atoms with Crippen LogP contribution in [-0.2, 0) is 9.47 Å². The average molecular weight is 471 g/mol. The number of benzene rings is 2. The van der Waals surface area contributed by atoms with Crippen molar-refractivity contribution in [2.45, 2.75) is 26.0 Å². The van der Waals surface area contributed by atoms with Gasteiger partial charge in [0.15, 0.2) is 0 Å². The minimum absolute atomic E-state index is 0.162.